The number of nitrogens with two attached hydrogens (primary N) is 1. The van der Waals surface area contributed by atoms with Gasteiger partial charge in [-0.05, 0) is 30.9 Å². The van der Waals surface area contributed by atoms with Crippen LogP contribution >= 0.6 is 11.8 Å². The van der Waals surface area contributed by atoms with Crippen molar-refractivity contribution < 1.29 is 4.79 Å². The lowest BCUT2D eigenvalue weighted by molar-refractivity contribution is -0.121. The lowest BCUT2D eigenvalue weighted by Crippen LogP contribution is -2.32. The van der Waals surface area contributed by atoms with Crippen LogP contribution < -0.4 is 16.6 Å². The normalized spacial score (nSPS) is 10.4. The Kier molecular flexibility index (Phi) is 7.10. The highest BCUT2D eigenvalue weighted by Crippen LogP contribution is 2.01. The van der Waals surface area contributed by atoms with Gasteiger partial charge in [0, 0.05) is 24.5 Å². The minimum absolute atomic E-state index is 0.0225. The molecule has 0 atom stereocenters. The van der Waals surface area contributed by atoms with Gasteiger partial charge in [-0.1, -0.05) is 6.42 Å². The van der Waals surface area contributed by atoms with Gasteiger partial charge in [0.2, 0.25) is 5.91 Å². The fourth-order valence-electron chi connectivity index (χ4n) is 1.66. The number of aromatic nitrogens is 1. The molecular weight excluding hydrogens is 262 g/mol. The Labute approximate surface area is 117 Å². The highest BCUT2D eigenvalue weighted by molar-refractivity contribution is 7.98. The molecule has 0 aliphatic carbocycles. The summed E-state index contributed by atoms with van der Waals surface area (Å²) in [5.41, 5.74) is 5.84. The Morgan fingerprint density at radius 3 is 2.89 bits per heavy atom. The smallest absolute Gasteiger partial charge is 0.251 e. The topological polar surface area (TPSA) is 77.1 Å². The first-order chi connectivity index (χ1) is 9.13. The zero-order valence-corrected chi connectivity index (χ0v) is 12.0. The van der Waals surface area contributed by atoms with Gasteiger partial charge in [-0.3, -0.25) is 9.59 Å². The van der Waals surface area contributed by atoms with Crippen molar-refractivity contribution in [2.75, 3.05) is 24.3 Å². The summed E-state index contributed by atoms with van der Waals surface area (Å²) in [6, 6.07) is 2.90. The zero-order valence-electron chi connectivity index (χ0n) is 11.2. The number of thioether (sulfide) groups is 1. The first kappa shape index (κ1) is 15.6. The molecule has 1 heterocycles. The van der Waals surface area contributed by atoms with Gasteiger partial charge in [-0.2, -0.15) is 11.8 Å². The maximum atomic E-state index is 11.6. The number of anilines is 1. The van der Waals surface area contributed by atoms with Gasteiger partial charge in [0.15, 0.2) is 0 Å². The lowest BCUT2D eigenvalue weighted by Gasteiger charge is -2.07. The van der Waals surface area contributed by atoms with Gasteiger partial charge >= 0.3 is 0 Å². The summed E-state index contributed by atoms with van der Waals surface area (Å²) in [5.74, 6) is 1.00. The molecule has 0 aliphatic heterocycles. The van der Waals surface area contributed by atoms with Gasteiger partial charge in [0.05, 0.1) is 0 Å². The zero-order chi connectivity index (χ0) is 14.1. The van der Waals surface area contributed by atoms with Crippen LogP contribution in [0.25, 0.3) is 0 Å². The minimum atomic E-state index is -0.218. The monoisotopic (exact) mass is 283 g/mol. The predicted molar refractivity (Wildman–Crippen MR) is 80.4 cm³/mol. The number of carbonyl (C=O) groups excluding carboxylic acids is 1. The second-order valence-corrected chi connectivity index (χ2v) is 5.32. The number of nitrogen functional groups attached to an aromatic ring is 1. The van der Waals surface area contributed by atoms with Crippen molar-refractivity contribution in [3.63, 3.8) is 0 Å². The second-order valence-electron chi connectivity index (χ2n) is 4.33. The molecule has 0 saturated heterocycles. The van der Waals surface area contributed by atoms with Gasteiger partial charge in [0.25, 0.3) is 5.56 Å². The number of hydrogen-bond donors (Lipinski definition) is 2. The van der Waals surface area contributed by atoms with Crippen molar-refractivity contribution in [2.24, 2.45) is 0 Å². The number of nitrogens with zero attached hydrogens (tertiary/aromatic N) is 1. The molecular formula is C13H21N3O2S. The molecule has 0 aliphatic rings. The number of pyridine rings is 1. The van der Waals surface area contributed by atoms with E-state index in [0.717, 1.165) is 18.6 Å². The Morgan fingerprint density at radius 1 is 1.37 bits per heavy atom. The Hall–Kier alpha value is -1.43. The van der Waals surface area contributed by atoms with Gasteiger partial charge in [0.1, 0.15) is 6.54 Å². The van der Waals surface area contributed by atoms with E-state index in [1.165, 1.54) is 29.3 Å². The quantitative estimate of drug-likeness (QED) is 0.700. The molecule has 0 aromatic carbocycles. The summed E-state index contributed by atoms with van der Waals surface area (Å²) in [5, 5.41) is 2.81. The fourth-order valence-corrected chi connectivity index (χ4v) is 2.15. The summed E-state index contributed by atoms with van der Waals surface area (Å²) in [7, 11) is 0. The van der Waals surface area contributed by atoms with Crippen molar-refractivity contribution in [2.45, 2.75) is 25.8 Å². The third-order valence-corrected chi connectivity index (χ3v) is 3.36. The maximum Gasteiger partial charge on any atom is 0.251 e. The molecule has 0 fully saturated rings. The summed E-state index contributed by atoms with van der Waals surface area (Å²) in [6.45, 7) is 0.680. The molecule has 6 heteroatoms. The highest BCUT2D eigenvalue weighted by Gasteiger charge is 2.03. The predicted octanol–water partition coefficient (Wildman–Crippen LogP) is 1.08. The van der Waals surface area contributed by atoms with E-state index in [-0.39, 0.29) is 18.0 Å². The number of rotatable bonds is 8. The summed E-state index contributed by atoms with van der Waals surface area (Å²) in [6.07, 6.45) is 6.83. The average molecular weight is 283 g/mol. The molecule has 1 rings (SSSR count). The Bertz CT molecular complexity index is 459. The molecule has 1 amide bonds. The Balaban J connectivity index is 2.27. The van der Waals surface area contributed by atoms with Crippen molar-refractivity contribution in [3.05, 3.63) is 28.7 Å². The SMILES string of the molecule is CSCCCCCNC(=O)Cn1cc(N)ccc1=O. The first-order valence-corrected chi connectivity index (χ1v) is 7.74. The molecule has 0 unspecified atom stereocenters. The van der Waals surface area contributed by atoms with Crippen LogP contribution in [0.4, 0.5) is 5.69 Å². The molecule has 0 radical (unpaired) electrons. The lowest BCUT2D eigenvalue weighted by atomic mass is 10.2. The van der Waals surface area contributed by atoms with E-state index >= 15 is 0 Å². The van der Waals surface area contributed by atoms with Gasteiger partial charge < -0.3 is 15.6 Å². The summed E-state index contributed by atoms with van der Waals surface area (Å²) >= 11 is 1.83. The van der Waals surface area contributed by atoms with E-state index in [9.17, 15) is 9.59 Å². The van der Waals surface area contributed by atoms with Crippen LogP contribution in [0.15, 0.2) is 23.1 Å². The van der Waals surface area contributed by atoms with Crippen molar-refractivity contribution in [3.8, 4) is 0 Å². The number of hydrogen-bond acceptors (Lipinski definition) is 4. The van der Waals surface area contributed by atoms with Crippen LogP contribution in [-0.2, 0) is 11.3 Å². The van der Waals surface area contributed by atoms with Crippen LogP contribution in [0, 0.1) is 0 Å². The van der Waals surface area contributed by atoms with Crippen LogP contribution in [-0.4, -0.2) is 29.0 Å². The van der Waals surface area contributed by atoms with Crippen LogP contribution in [0.1, 0.15) is 19.3 Å². The van der Waals surface area contributed by atoms with E-state index in [4.69, 9.17) is 5.73 Å². The standard InChI is InChI=1S/C13H21N3O2S/c1-19-8-4-2-3-7-15-12(17)10-16-9-11(14)5-6-13(16)18/h5-6,9H,2-4,7-8,10,14H2,1H3,(H,15,17). The number of amides is 1. The highest BCUT2D eigenvalue weighted by atomic mass is 32.2. The molecule has 0 bridgehead atoms. The van der Waals surface area contributed by atoms with E-state index in [1.807, 2.05) is 11.8 Å². The van der Waals surface area contributed by atoms with Crippen LogP contribution in [0.3, 0.4) is 0 Å². The van der Waals surface area contributed by atoms with E-state index in [1.54, 1.807) is 0 Å². The minimum Gasteiger partial charge on any atom is -0.398 e. The maximum absolute atomic E-state index is 11.6. The fraction of sp³-hybridized carbons (Fsp3) is 0.538. The third-order valence-electron chi connectivity index (χ3n) is 2.67. The molecule has 19 heavy (non-hydrogen) atoms. The molecule has 0 spiro atoms. The van der Waals surface area contributed by atoms with E-state index < -0.39 is 0 Å². The van der Waals surface area contributed by atoms with Crippen molar-refractivity contribution in [1.82, 2.24) is 9.88 Å². The Morgan fingerprint density at radius 2 is 2.16 bits per heavy atom. The van der Waals surface area contributed by atoms with Crippen molar-refractivity contribution >= 4 is 23.4 Å². The molecule has 1 aromatic heterocycles. The molecule has 1 aromatic rings. The molecule has 3 N–H and O–H groups in total. The van der Waals surface area contributed by atoms with E-state index in [2.05, 4.69) is 11.6 Å². The summed E-state index contributed by atoms with van der Waals surface area (Å²) < 4.78 is 1.32. The molecule has 5 nitrogen and oxygen atoms in total. The molecule has 0 saturated carbocycles. The molecule has 106 valence electrons. The van der Waals surface area contributed by atoms with Gasteiger partial charge in [-0.25, -0.2) is 0 Å². The van der Waals surface area contributed by atoms with Crippen LogP contribution in [0.2, 0.25) is 0 Å². The third kappa shape index (κ3) is 6.33. The van der Waals surface area contributed by atoms with Gasteiger partial charge in [-0.15, -0.1) is 0 Å². The van der Waals surface area contributed by atoms with E-state index in [0.29, 0.717) is 12.2 Å². The second kappa shape index (κ2) is 8.63. The average Bonchev–Trinajstić information content (AvgIpc) is 2.38. The number of nitrogens with one attached hydrogen (secondary N) is 1. The summed E-state index contributed by atoms with van der Waals surface area (Å²) in [4.78, 5) is 23.1. The van der Waals surface area contributed by atoms with Crippen LogP contribution in [0.5, 0.6) is 0 Å². The number of unbranched alkanes of at least 4 members (excludes halogenated alkanes) is 2. The largest absolute Gasteiger partial charge is 0.398 e. The first-order valence-electron chi connectivity index (χ1n) is 6.35. The van der Waals surface area contributed by atoms with Crippen molar-refractivity contribution in [1.29, 1.82) is 0 Å². The number of carbonyl (C=O) groups is 1.